The summed E-state index contributed by atoms with van der Waals surface area (Å²) in [5.41, 5.74) is 1.75. The molecule has 0 unspecified atom stereocenters. The van der Waals surface area contributed by atoms with Crippen LogP contribution in [0.15, 0.2) is 36.4 Å². The minimum Gasteiger partial charge on any atom is -0.496 e. The Balaban J connectivity index is 1.95. The lowest BCUT2D eigenvalue weighted by atomic mass is 10.1. The van der Waals surface area contributed by atoms with E-state index in [-0.39, 0.29) is 5.82 Å². The number of methoxy groups -OCH3 is 2. The molecule has 0 saturated carbocycles. The fraction of sp³-hybridized carbons (Fsp3) is 0.294. The molecule has 0 aliphatic rings. The summed E-state index contributed by atoms with van der Waals surface area (Å²) in [5, 5.41) is 3.26. The molecule has 0 bridgehead atoms. The molecule has 2 aromatic carbocycles. The molecule has 1 N–H and O–H groups in total. The molecular formula is C17H19FINO2. The maximum atomic E-state index is 13.5. The van der Waals surface area contributed by atoms with Crippen LogP contribution in [0.4, 0.5) is 4.39 Å². The van der Waals surface area contributed by atoms with E-state index < -0.39 is 0 Å². The normalized spacial score (nSPS) is 10.5. The van der Waals surface area contributed by atoms with Crippen molar-refractivity contribution in [3.05, 3.63) is 56.9 Å². The molecule has 0 aliphatic carbocycles. The highest BCUT2D eigenvalue weighted by molar-refractivity contribution is 14.1. The first kappa shape index (κ1) is 17.0. The molecule has 5 heteroatoms. The van der Waals surface area contributed by atoms with Crippen LogP contribution < -0.4 is 14.8 Å². The minimum atomic E-state index is -0.177. The standard InChI is InChI=1S/C17H19FINO2/c1-21-16-10-15(19)17(22-2)9-12(16)7-8-20-11-13-5-3-4-6-14(13)18/h3-6,9-10,20H,7-8,11H2,1-2H3. The summed E-state index contributed by atoms with van der Waals surface area (Å²) in [6.45, 7) is 1.24. The summed E-state index contributed by atoms with van der Waals surface area (Å²) < 4.78 is 25.3. The number of benzene rings is 2. The molecule has 0 fully saturated rings. The summed E-state index contributed by atoms with van der Waals surface area (Å²) in [5.74, 6) is 1.51. The van der Waals surface area contributed by atoms with Crippen LogP contribution in [-0.4, -0.2) is 20.8 Å². The summed E-state index contributed by atoms with van der Waals surface area (Å²) in [6.07, 6.45) is 0.783. The van der Waals surface area contributed by atoms with Gasteiger partial charge >= 0.3 is 0 Å². The zero-order valence-corrected chi connectivity index (χ0v) is 14.8. The smallest absolute Gasteiger partial charge is 0.132 e. The van der Waals surface area contributed by atoms with Gasteiger partial charge in [-0.05, 0) is 59.3 Å². The van der Waals surface area contributed by atoms with Crippen LogP contribution in [0.5, 0.6) is 11.5 Å². The first-order valence-corrected chi connectivity index (χ1v) is 8.08. The van der Waals surface area contributed by atoms with Crippen LogP contribution in [0.3, 0.4) is 0 Å². The number of nitrogens with one attached hydrogen (secondary N) is 1. The molecule has 0 spiro atoms. The van der Waals surface area contributed by atoms with Crippen molar-refractivity contribution < 1.29 is 13.9 Å². The van der Waals surface area contributed by atoms with Gasteiger partial charge in [-0.3, -0.25) is 0 Å². The van der Waals surface area contributed by atoms with Gasteiger partial charge in [0.15, 0.2) is 0 Å². The predicted molar refractivity (Wildman–Crippen MR) is 94.1 cm³/mol. The van der Waals surface area contributed by atoms with Crippen molar-refractivity contribution >= 4 is 22.6 Å². The van der Waals surface area contributed by atoms with E-state index in [4.69, 9.17) is 9.47 Å². The molecule has 2 rings (SSSR count). The second-order valence-corrected chi connectivity index (χ2v) is 5.98. The van der Waals surface area contributed by atoms with Gasteiger partial charge in [-0.1, -0.05) is 18.2 Å². The number of rotatable bonds is 7. The van der Waals surface area contributed by atoms with Gasteiger partial charge in [-0.15, -0.1) is 0 Å². The number of hydrogen-bond donors (Lipinski definition) is 1. The van der Waals surface area contributed by atoms with Gasteiger partial charge in [-0.2, -0.15) is 0 Å². The lowest BCUT2D eigenvalue weighted by molar-refractivity contribution is 0.396. The van der Waals surface area contributed by atoms with Crippen molar-refractivity contribution in [3.63, 3.8) is 0 Å². The Bertz CT molecular complexity index is 634. The third-order valence-corrected chi connectivity index (χ3v) is 4.24. The molecule has 3 nitrogen and oxygen atoms in total. The van der Waals surface area contributed by atoms with Crippen molar-refractivity contribution in [2.45, 2.75) is 13.0 Å². The van der Waals surface area contributed by atoms with Gasteiger partial charge in [-0.25, -0.2) is 4.39 Å². The molecule has 2 aromatic rings. The fourth-order valence-electron chi connectivity index (χ4n) is 2.21. The highest BCUT2D eigenvalue weighted by atomic mass is 127. The summed E-state index contributed by atoms with van der Waals surface area (Å²) >= 11 is 2.22. The van der Waals surface area contributed by atoms with Gasteiger partial charge < -0.3 is 14.8 Å². The Morgan fingerprint density at radius 1 is 1.05 bits per heavy atom. The molecule has 0 radical (unpaired) electrons. The molecule has 0 atom stereocenters. The Labute approximate surface area is 144 Å². The van der Waals surface area contributed by atoms with Crippen LogP contribution in [0.25, 0.3) is 0 Å². The maximum Gasteiger partial charge on any atom is 0.132 e. The van der Waals surface area contributed by atoms with Crippen LogP contribution >= 0.6 is 22.6 Å². The summed E-state index contributed by atoms with van der Waals surface area (Å²) in [4.78, 5) is 0. The Morgan fingerprint density at radius 3 is 2.45 bits per heavy atom. The summed E-state index contributed by atoms with van der Waals surface area (Å²) in [7, 11) is 3.32. The van der Waals surface area contributed by atoms with Crippen molar-refractivity contribution in [3.8, 4) is 11.5 Å². The van der Waals surface area contributed by atoms with Crippen LogP contribution in [-0.2, 0) is 13.0 Å². The Morgan fingerprint density at radius 2 is 1.77 bits per heavy atom. The first-order valence-electron chi connectivity index (χ1n) is 7.00. The van der Waals surface area contributed by atoms with Gasteiger partial charge in [0, 0.05) is 12.1 Å². The average molecular weight is 415 g/mol. The molecule has 22 heavy (non-hydrogen) atoms. The van der Waals surface area contributed by atoms with Crippen LogP contribution in [0.1, 0.15) is 11.1 Å². The zero-order valence-electron chi connectivity index (χ0n) is 12.7. The number of hydrogen-bond acceptors (Lipinski definition) is 3. The van der Waals surface area contributed by atoms with E-state index in [1.807, 2.05) is 18.2 Å². The highest BCUT2D eigenvalue weighted by Gasteiger charge is 2.09. The highest BCUT2D eigenvalue weighted by Crippen LogP contribution is 2.30. The largest absolute Gasteiger partial charge is 0.496 e. The van der Waals surface area contributed by atoms with Gasteiger partial charge in [0.05, 0.1) is 17.8 Å². The van der Waals surface area contributed by atoms with Gasteiger partial charge in [0.2, 0.25) is 0 Å². The van der Waals surface area contributed by atoms with E-state index in [1.54, 1.807) is 26.4 Å². The fourth-order valence-corrected chi connectivity index (χ4v) is 2.87. The Hall–Kier alpha value is -1.34. The summed E-state index contributed by atoms with van der Waals surface area (Å²) in [6, 6.07) is 10.8. The van der Waals surface area contributed by atoms with E-state index in [0.29, 0.717) is 12.1 Å². The van der Waals surface area contributed by atoms with E-state index in [0.717, 1.165) is 33.6 Å². The third-order valence-electron chi connectivity index (χ3n) is 3.40. The van der Waals surface area contributed by atoms with Crippen molar-refractivity contribution in [2.24, 2.45) is 0 Å². The van der Waals surface area contributed by atoms with Crippen molar-refractivity contribution in [1.82, 2.24) is 5.32 Å². The van der Waals surface area contributed by atoms with E-state index in [1.165, 1.54) is 6.07 Å². The molecular weight excluding hydrogens is 396 g/mol. The van der Waals surface area contributed by atoms with Crippen molar-refractivity contribution in [1.29, 1.82) is 0 Å². The maximum absolute atomic E-state index is 13.5. The molecule has 118 valence electrons. The minimum absolute atomic E-state index is 0.177. The first-order chi connectivity index (χ1) is 10.7. The molecule has 0 saturated heterocycles. The zero-order chi connectivity index (χ0) is 15.9. The number of halogens is 2. The lowest BCUT2D eigenvalue weighted by Crippen LogP contribution is -2.17. The SMILES string of the molecule is COc1cc(CCNCc2ccccc2F)c(OC)cc1I. The Kier molecular flexibility index (Phi) is 6.45. The second kappa shape index (κ2) is 8.33. The van der Waals surface area contributed by atoms with Gasteiger partial charge in [0.1, 0.15) is 17.3 Å². The lowest BCUT2D eigenvalue weighted by Gasteiger charge is -2.13. The topological polar surface area (TPSA) is 30.5 Å². The van der Waals surface area contributed by atoms with E-state index in [2.05, 4.69) is 27.9 Å². The van der Waals surface area contributed by atoms with E-state index >= 15 is 0 Å². The second-order valence-electron chi connectivity index (χ2n) is 4.82. The predicted octanol–water partition coefficient (Wildman–Crippen LogP) is 3.78. The van der Waals surface area contributed by atoms with E-state index in [9.17, 15) is 4.39 Å². The molecule has 0 amide bonds. The molecule has 0 aromatic heterocycles. The number of ether oxygens (including phenoxy) is 2. The third kappa shape index (κ3) is 4.33. The molecule has 0 aliphatic heterocycles. The monoisotopic (exact) mass is 415 g/mol. The van der Waals surface area contributed by atoms with Crippen LogP contribution in [0.2, 0.25) is 0 Å². The average Bonchev–Trinajstić information content (AvgIpc) is 2.53. The van der Waals surface area contributed by atoms with Crippen LogP contribution in [0, 0.1) is 9.39 Å². The van der Waals surface area contributed by atoms with Gasteiger partial charge in [0.25, 0.3) is 0 Å². The van der Waals surface area contributed by atoms with Crippen molar-refractivity contribution in [2.75, 3.05) is 20.8 Å². The quantitative estimate of drug-likeness (QED) is 0.552. The molecule has 0 heterocycles.